The zero-order chi connectivity index (χ0) is 27.3. The Bertz CT molecular complexity index is 1570. The van der Waals surface area contributed by atoms with Crippen molar-refractivity contribution in [2.45, 2.75) is 38.9 Å². The van der Waals surface area contributed by atoms with Crippen LogP contribution in [-0.2, 0) is 23.4 Å². The molecular formula is C26H26BClN4O5. The van der Waals surface area contributed by atoms with E-state index in [1.807, 2.05) is 27.7 Å². The Kier molecular flexibility index (Phi) is 6.67. The van der Waals surface area contributed by atoms with E-state index in [2.05, 4.69) is 11.4 Å². The fourth-order valence-electron chi connectivity index (χ4n) is 4.06. The van der Waals surface area contributed by atoms with Crippen LogP contribution in [-0.4, -0.2) is 33.4 Å². The van der Waals surface area contributed by atoms with E-state index in [1.54, 1.807) is 36.4 Å². The number of halogens is 1. The van der Waals surface area contributed by atoms with Gasteiger partial charge in [0.2, 0.25) is 0 Å². The molecule has 1 aliphatic heterocycles. The summed E-state index contributed by atoms with van der Waals surface area (Å²) >= 11 is 6.83. The molecule has 190 valence electrons. The first-order chi connectivity index (χ1) is 17.3. The average molecular weight is 521 g/mol. The van der Waals surface area contributed by atoms with E-state index in [1.165, 1.54) is 20.3 Å². The van der Waals surface area contributed by atoms with Crippen molar-refractivity contribution in [2.24, 2.45) is 14.1 Å². The number of anilines is 1. The van der Waals surface area contributed by atoms with Crippen LogP contribution in [0.2, 0.25) is 5.02 Å². The molecule has 0 radical (unpaired) electrons. The number of nitrogens with zero attached hydrogens (tertiary/aromatic N) is 3. The van der Waals surface area contributed by atoms with Gasteiger partial charge < -0.3 is 19.2 Å². The second-order valence-electron chi connectivity index (χ2n) is 9.89. The SMILES string of the molecule is Cn1cc(C(=O)Nc2cccc(-c3cccc(B4OC(C)(C)C(C)(C)O4)c3Cl)c2C#N)c(=O)n(C)c1=O. The van der Waals surface area contributed by atoms with Crippen LogP contribution >= 0.6 is 11.6 Å². The number of hydrogen-bond donors (Lipinski definition) is 1. The number of carbonyl (C=O) groups excluding carboxylic acids is 1. The van der Waals surface area contributed by atoms with Crippen LogP contribution < -0.4 is 22.0 Å². The second-order valence-corrected chi connectivity index (χ2v) is 10.3. The third-order valence-corrected chi connectivity index (χ3v) is 7.36. The van der Waals surface area contributed by atoms with Crippen LogP contribution in [0.1, 0.15) is 43.6 Å². The molecule has 0 bridgehead atoms. The molecule has 0 spiro atoms. The molecule has 11 heteroatoms. The van der Waals surface area contributed by atoms with E-state index in [0.29, 0.717) is 21.6 Å². The summed E-state index contributed by atoms with van der Waals surface area (Å²) in [7, 11) is 2.03. The minimum absolute atomic E-state index is 0.158. The summed E-state index contributed by atoms with van der Waals surface area (Å²) in [5, 5.41) is 13.0. The summed E-state index contributed by atoms with van der Waals surface area (Å²) in [4.78, 5) is 37.4. The third-order valence-electron chi connectivity index (χ3n) is 6.94. The Morgan fingerprint density at radius 3 is 2.24 bits per heavy atom. The fraction of sp³-hybridized carbons (Fsp3) is 0.308. The summed E-state index contributed by atoms with van der Waals surface area (Å²) in [6.45, 7) is 7.79. The second kappa shape index (κ2) is 9.34. The molecule has 9 nitrogen and oxygen atoms in total. The lowest BCUT2D eigenvalue weighted by Gasteiger charge is -2.32. The number of carbonyl (C=O) groups is 1. The van der Waals surface area contributed by atoms with Crippen molar-refractivity contribution in [3.63, 3.8) is 0 Å². The molecule has 1 amide bonds. The van der Waals surface area contributed by atoms with Crippen LogP contribution in [0, 0.1) is 11.3 Å². The topological polar surface area (TPSA) is 115 Å². The van der Waals surface area contributed by atoms with E-state index >= 15 is 0 Å². The Morgan fingerprint density at radius 2 is 1.62 bits per heavy atom. The summed E-state index contributed by atoms with van der Waals surface area (Å²) < 4.78 is 14.3. The lowest BCUT2D eigenvalue weighted by Crippen LogP contribution is -2.41. The van der Waals surface area contributed by atoms with Crippen LogP contribution in [0.15, 0.2) is 52.2 Å². The maximum Gasteiger partial charge on any atom is 0.496 e. The molecule has 0 aliphatic carbocycles. The van der Waals surface area contributed by atoms with E-state index < -0.39 is 35.5 Å². The predicted octanol–water partition coefficient (Wildman–Crippen LogP) is 2.83. The monoisotopic (exact) mass is 520 g/mol. The van der Waals surface area contributed by atoms with Crippen LogP contribution in [0.5, 0.6) is 0 Å². The zero-order valence-electron chi connectivity index (χ0n) is 21.4. The molecule has 4 rings (SSSR count). The molecule has 1 aliphatic rings. The normalized spacial score (nSPS) is 15.9. The first kappa shape index (κ1) is 26.4. The summed E-state index contributed by atoms with van der Waals surface area (Å²) in [5.41, 5.74) is -0.649. The number of aryl methyl sites for hydroxylation is 1. The van der Waals surface area contributed by atoms with Crippen molar-refractivity contribution in [1.29, 1.82) is 5.26 Å². The Morgan fingerprint density at radius 1 is 1.03 bits per heavy atom. The Labute approximate surface area is 219 Å². The highest BCUT2D eigenvalue weighted by Gasteiger charge is 2.52. The molecule has 0 saturated carbocycles. The maximum atomic E-state index is 13.0. The molecule has 0 atom stereocenters. The Balaban J connectivity index is 1.75. The molecule has 3 aromatic rings. The third kappa shape index (κ3) is 4.50. The van der Waals surface area contributed by atoms with Gasteiger partial charge in [-0.25, -0.2) is 4.79 Å². The first-order valence-electron chi connectivity index (χ1n) is 11.5. The number of aromatic nitrogens is 2. The van der Waals surface area contributed by atoms with Gasteiger partial charge in [0.05, 0.1) is 22.5 Å². The molecule has 37 heavy (non-hydrogen) atoms. The van der Waals surface area contributed by atoms with Gasteiger partial charge in [0.15, 0.2) is 0 Å². The molecule has 1 aromatic heterocycles. The number of rotatable bonds is 4. The molecule has 2 heterocycles. The molecule has 1 N–H and O–H groups in total. The van der Waals surface area contributed by atoms with Crippen molar-refractivity contribution in [1.82, 2.24) is 9.13 Å². The number of nitriles is 1. The molecule has 1 fully saturated rings. The molecule has 1 saturated heterocycles. The van der Waals surface area contributed by atoms with E-state index in [9.17, 15) is 19.6 Å². The lowest BCUT2D eigenvalue weighted by atomic mass is 9.77. The first-order valence-corrected chi connectivity index (χ1v) is 11.9. The van der Waals surface area contributed by atoms with Gasteiger partial charge in [-0.05, 0) is 33.8 Å². The van der Waals surface area contributed by atoms with Crippen LogP contribution in [0.25, 0.3) is 11.1 Å². The van der Waals surface area contributed by atoms with Gasteiger partial charge in [-0.15, -0.1) is 0 Å². The average Bonchev–Trinajstić information content (AvgIpc) is 3.06. The highest BCUT2D eigenvalue weighted by molar-refractivity contribution is 6.66. The van der Waals surface area contributed by atoms with Gasteiger partial charge in [-0.3, -0.25) is 14.2 Å². The summed E-state index contributed by atoms with van der Waals surface area (Å²) in [6.07, 6.45) is 1.17. The number of nitrogens with one attached hydrogen (secondary N) is 1. The number of amides is 1. The minimum Gasteiger partial charge on any atom is -0.399 e. The maximum absolute atomic E-state index is 13.0. The minimum atomic E-state index is -0.748. The fourth-order valence-corrected chi connectivity index (χ4v) is 4.38. The van der Waals surface area contributed by atoms with Crippen molar-refractivity contribution < 1.29 is 14.1 Å². The van der Waals surface area contributed by atoms with Crippen molar-refractivity contribution in [3.05, 3.63) is 79.6 Å². The largest absolute Gasteiger partial charge is 0.496 e. The van der Waals surface area contributed by atoms with Crippen molar-refractivity contribution >= 4 is 35.8 Å². The van der Waals surface area contributed by atoms with Gasteiger partial charge in [-0.1, -0.05) is 41.9 Å². The quantitative estimate of drug-likeness (QED) is 0.529. The van der Waals surface area contributed by atoms with E-state index in [-0.39, 0.29) is 16.8 Å². The highest BCUT2D eigenvalue weighted by Crippen LogP contribution is 2.39. The van der Waals surface area contributed by atoms with E-state index in [4.69, 9.17) is 20.9 Å². The van der Waals surface area contributed by atoms with E-state index in [0.717, 1.165) is 9.13 Å². The smallest absolute Gasteiger partial charge is 0.399 e. The molecule has 0 unspecified atom stereocenters. The standard InChI is InChI=1S/C26H26BClN4O5/c1-25(2)26(3,4)37-27(36-25)19-11-7-10-16(21(19)28)15-9-8-12-20(17(15)13-29)30-22(33)18-14-31(5)24(35)32(6)23(18)34/h7-12,14H,1-6H3,(H,30,33). The zero-order valence-corrected chi connectivity index (χ0v) is 22.1. The summed E-state index contributed by atoms with van der Waals surface area (Å²) in [5.74, 6) is -0.748. The number of hydrogen-bond acceptors (Lipinski definition) is 6. The van der Waals surface area contributed by atoms with Gasteiger partial charge in [0.25, 0.3) is 11.5 Å². The van der Waals surface area contributed by atoms with Crippen LogP contribution in [0.3, 0.4) is 0 Å². The summed E-state index contributed by atoms with van der Waals surface area (Å²) in [6, 6.07) is 12.4. The lowest BCUT2D eigenvalue weighted by molar-refractivity contribution is 0.00578. The highest BCUT2D eigenvalue weighted by atomic mass is 35.5. The van der Waals surface area contributed by atoms with Gasteiger partial charge in [-0.2, -0.15) is 5.26 Å². The molecular weight excluding hydrogens is 495 g/mol. The van der Waals surface area contributed by atoms with Crippen LogP contribution in [0.4, 0.5) is 5.69 Å². The van der Waals surface area contributed by atoms with Gasteiger partial charge >= 0.3 is 12.8 Å². The van der Waals surface area contributed by atoms with Crippen molar-refractivity contribution in [2.75, 3.05) is 5.32 Å². The molecule has 2 aromatic carbocycles. The van der Waals surface area contributed by atoms with Crippen molar-refractivity contribution in [3.8, 4) is 17.2 Å². The van der Waals surface area contributed by atoms with Gasteiger partial charge in [0, 0.05) is 41.9 Å². The number of benzene rings is 2. The Hall–Kier alpha value is -3.65. The van der Waals surface area contributed by atoms with Gasteiger partial charge in [0.1, 0.15) is 11.6 Å². The predicted molar refractivity (Wildman–Crippen MR) is 142 cm³/mol.